The fourth-order valence-electron chi connectivity index (χ4n) is 3.58. The minimum Gasteiger partial charge on any atom is -0.497 e. The summed E-state index contributed by atoms with van der Waals surface area (Å²) < 4.78 is 16.5. The molecule has 3 rings (SSSR count). The standard InChI is InChI=1S/C22H29NO3/c1-17(18-6-4-8-21(14-18)24-2)10-11-20-16-26-13-12-23(20)19-7-5-9-22(15-19)25-3/h4-9,14-15,17,20H,10-13,16H2,1-3H3/t17-,20?/m0/s1. The van der Waals surface area contributed by atoms with Crippen LogP contribution in [-0.4, -0.2) is 40.0 Å². The molecule has 1 aliphatic heterocycles. The van der Waals surface area contributed by atoms with Crippen LogP contribution in [0, 0.1) is 0 Å². The van der Waals surface area contributed by atoms with Crippen LogP contribution in [0.15, 0.2) is 48.5 Å². The average molecular weight is 355 g/mol. The summed E-state index contributed by atoms with van der Waals surface area (Å²) in [6.45, 7) is 4.76. The molecule has 140 valence electrons. The molecule has 0 aromatic heterocycles. The first-order chi connectivity index (χ1) is 12.7. The Morgan fingerprint density at radius 2 is 1.81 bits per heavy atom. The number of nitrogens with zero attached hydrogens (tertiary/aromatic N) is 1. The fraction of sp³-hybridized carbons (Fsp3) is 0.455. The summed E-state index contributed by atoms with van der Waals surface area (Å²) in [7, 11) is 3.43. The largest absolute Gasteiger partial charge is 0.497 e. The number of rotatable bonds is 7. The van der Waals surface area contributed by atoms with Crippen molar-refractivity contribution in [1.82, 2.24) is 0 Å². The Hall–Kier alpha value is -2.20. The van der Waals surface area contributed by atoms with Crippen LogP contribution in [0.5, 0.6) is 11.5 Å². The van der Waals surface area contributed by atoms with Crippen LogP contribution >= 0.6 is 0 Å². The maximum atomic E-state index is 5.77. The molecule has 0 bridgehead atoms. The van der Waals surface area contributed by atoms with Gasteiger partial charge < -0.3 is 19.1 Å². The van der Waals surface area contributed by atoms with Crippen molar-refractivity contribution in [1.29, 1.82) is 0 Å². The van der Waals surface area contributed by atoms with E-state index in [0.717, 1.165) is 44.1 Å². The van der Waals surface area contributed by atoms with E-state index in [1.165, 1.54) is 11.3 Å². The van der Waals surface area contributed by atoms with Gasteiger partial charge in [-0.2, -0.15) is 0 Å². The van der Waals surface area contributed by atoms with Crippen LogP contribution in [0.3, 0.4) is 0 Å². The Bertz CT molecular complexity index is 703. The molecule has 0 amide bonds. The maximum absolute atomic E-state index is 5.77. The number of hydrogen-bond donors (Lipinski definition) is 0. The van der Waals surface area contributed by atoms with Crippen molar-refractivity contribution in [3.05, 3.63) is 54.1 Å². The van der Waals surface area contributed by atoms with Gasteiger partial charge in [0.1, 0.15) is 11.5 Å². The highest BCUT2D eigenvalue weighted by molar-refractivity contribution is 5.52. The summed E-state index contributed by atoms with van der Waals surface area (Å²) in [6, 6.07) is 17.1. The van der Waals surface area contributed by atoms with E-state index < -0.39 is 0 Å². The second-order valence-electron chi connectivity index (χ2n) is 6.88. The zero-order valence-corrected chi connectivity index (χ0v) is 16.0. The van der Waals surface area contributed by atoms with E-state index in [1.807, 2.05) is 12.1 Å². The van der Waals surface area contributed by atoms with E-state index in [2.05, 4.69) is 48.2 Å². The first-order valence-electron chi connectivity index (χ1n) is 9.33. The van der Waals surface area contributed by atoms with Gasteiger partial charge >= 0.3 is 0 Å². The molecule has 0 radical (unpaired) electrons. The summed E-state index contributed by atoms with van der Waals surface area (Å²) in [5, 5.41) is 0. The van der Waals surface area contributed by atoms with Gasteiger partial charge in [0, 0.05) is 18.3 Å². The van der Waals surface area contributed by atoms with Crippen molar-refractivity contribution in [3.8, 4) is 11.5 Å². The smallest absolute Gasteiger partial charge is 0.120 e. The van der Waals surface area contributed by atoms with Crippen LogP contribution in [0.4, 0.5) is 5.69 Å². The second kappa shape index (κ2) is 8.95. The molecule has 4 heteroatoms. The van der Waals surface area contributed by atoms with Crippen molar-refractivity contribution in [2.45, 2.75) is 31.7 Å². The SMILES string of the molecule is COc1cccc([C@@H](C)CCC2COCCN2c2cccc(OC)c2)c1. The van der Waals surface area contributed by atoms with E-state index in [1.54, 1.807) is 14.2 Å². The highest BCUT2D eigenvalue weighted by atomic mass is 16.5. The van der Waals surface area contributed by atoms with E-state index in [4.69, 9.17) is 14.2 Å². The lowest BCUT2D eigenvalue weighted by Crippen LogP contribution is -2.45. The predicted molar refractivity (Wildman–Crippen MR) is 106 cm³/mol. The summed E-state index contributed by atoms with van der Waals surface area (Å²) >= 11 is 0. The third-order valence-electron chi connectivity index (χ3n) is 5.21. The zero-order chi connectivity index (χ0) is 18.4. The summed E-state index contributed by atoms with van der Waals surface area (Å²) in [5.74, 6) is 2.31. The molecule has 1 saturated heterocycles. The number of morpholine rings is 1. The monoisotopic (exact) mass is 355 g/mol. The van der Waals surface area contributed by atoms with Crippen molar-refractivity contribution in [2.24, 2.45) is 0 Å². The molecule has 1 heterocycles. The topological polar surface area (TPSA) is 30.9 Å². The van der Waals surface area contributed by atoms with Gasteiger partial charge in [-0.1, -0.05) is 25.1 Å². The van der Waals surface area contributed by atoms with Crippen LogP contribution < -0.4 is 14.4 Å². The molecule has 0 N–H and O–H groups in total. The summed E-state index contributed by atoms with van der Waals surface area (Å²) in [5.41, 5.74) is 2.54. The van der Waals surface area contributed by atoms with Crippen molar-refractivity contribution < 1.29 is 14.2 Å². The lowest BCUT2D eigenvalue weighted by molar-refractivity contribution is 0.0904. The number of ether oxygens (including phenoxy) is 3. The van der Waals surface area contributed by atoms with E-state index in [9.17, 15) is 0 Å². The van der Waals surface area contributed by atoms with Gasteiger partial charge in [0.15, 0.2) is 0 Å². The Morgan fingerprint density at radius 3 is 2.58 bits per heavy atom. The molecule has 0 spiro atoms. The number of hydrogen-bond acceptors (Lipinski definition) is 4. The Labute approximate surface area is 156 Å². The minimum absolute atomic E-state index is 0.393. The normalized spacial score (nSPS) is 18.4. The molecular weight excluding hydrogens is 326 g/mol. The van der Waals surface area contributed by atoms with E-state index >= 15 is 0 Å². The first kappa shape index (κ1) is 18.6. The molecule has 2 aromatic rings. The molecule has 2 atom stereocenters. The third kappa shape index (κ3) is 4.50. The molecule has 26 heavy (non-hydrogen) atoms. The molecule has 2 aromatic carbocycles. The summed E-state index contributed by atoms with van der Waals surface area (Å²) in [4.78, 5) is 2.46. The van der Waals surface area contributed by atoms with Gasteiger partial charge in [-0.25, -0.2) is 0 Å². The Balaban J connectivity index is 1.66. The van der Waals surface area contributed by atoms with E-state index in [-0.39, 0.29) is 0 Å². The highest BCUT2D eigenvalue weighted by Gasteiger charge is 2.24. The quantitative estimate of drug-likeness (QED) is 0.732. The Morgan fingerprint density at radius 1 is 1.08 bits per heavy atom. The fourth-order valence-corrected chi connectivity index (χ4v) is 3.58. The first-order valence-corrected chi connectivity index (χ1v) is 9.33. The predicted octanol–water partition coefficient (Wildman–Crippen LogP) is 4.49. The van der Waals surface area contributed by atoms with Gasteiger partial charge in [0.05, 0.1) is 33.5 Å². The molecule has 1 aliphatic rings. The lowest BCUT2D eigenvalue weighted by atomic mass is 9.93. The zero-order valence-electron chi connectivity index (χ0n) is 16.0. The number of methoxy groups -OCH3 is 2. The van der Waals surface area contributed by atoms with Crippen LogP contribution in [0.25, 0.3) is 0 Å². The Kier molecular flexibility index (Phi) is 6.40. The van der Waals surface area contributed by atoms with Crippen molar-refractivity contribution in [3.63, 3.8) is 0 Å². The van der Waals surface area contributed by atoms with Crippen molar-refractivity contribution >= 4 is 5.69 Å². The van der Waals surface area contributed by atoms with Crippen LogP contribution in [0.1, 0.15) is 31.2 Å². The third-order valence-corrected chi connectivity index (χ3v) is 5.21. The van der Waals surface area contributed by atoms with Crippen LogP contribution in [0.2, 0.25) is 0 Å². The molecule has 4 nitrogen and oxygen atoms in total. The van der Waals surface area contributed by atoms with Crippen molar-refractivity contribution in [2.75, 3.05) is 38.9 Å². The van der Waals surface area contributed by atoms with Crippen LogP contribution in [-0.2, 0) is 4.74 Å². The average Bonchev–Trinajstić information content (AvgIpc) is 2.72. The molecule has 0 aliphatic carbocycles. The highest BCUT2D eigenvalue weighted by Crippen LogP contribution is 2.29. The lowest BCUT2D eigenvalue weighted by Gasteiger charge is -2.38. The molecule has 1 unspecified atom stereocenters. The van der Waals surface area contributed by atoms with Gasteiger partial charge in [-0.05, 0) is 48.6 Å². The second-order valence-corrected chi connectivity index (χ2v) is 6.88. The van der Waals surface area contributed by atoms with Gasteiger partial charge in [0.25, 0.3) is 0 Å². The van der Waals surface area contributed by atoms with Gasteiger partial charge in [0.2, 0.25) is 0 Å². The molecule has 1 fully saturated rings. The number of anilines is 1. The van der Waals surface area contributed by atoms with Gasteiger partial charge in [-0.15, -0.1) is 0 Å². The molecule has 0 saturated carbocycles. The molecular formula is C22H29NO3. The van der Waals surface area contributed by atoms with Gasteiger partial charge in [-0.3, -0.25) is 0 Å². The maximum Gasteiger partial charge on any atom is 0.120 e. The van der Waals surface area contributed by atoms with E-state index in [0.29, 0.717) is 12.0 Å². The summed E-state index contributed by atoms with van der Waals surface area (Å²) in [6.07, 6.45) is 2.21. The number of benzene rings is 2. The minimum atomic E-state index is 0.393.